The van der Waals surface area contributed by atoms with Crippen LogP contribution in [0.3, 0.4) is 0 Å². The van der Waals surface area contributed by atoms with Crippen LogP contribution in [-0.4, -0.2) is 93.8 Å². The fourth-order valence-electron chi connectivity index (χ4n) is 6.52. The van der Waals surface area contributed by atoms with Crippen molar-refractivity contribution >= 4 is 34.9 Å². The number of aromatic nitrogens is 4. The van der Waals surface area contributed by atoms with E-state index in [4.69, 9.17) is 11.6 Å². The second kappa shape index (κ2) is 14.8. The third-order valence-electron chi connectivity index (χ3n) is 9.15. The minimum absolute atomic E-state index is 0.146. The smallest absolute Gasteiger partial charge is 0.386 e. The van der Waals surface area contributed by atoms with Gasteiger partial charge in [0.25, 0.3) is 0 Å². The molecule has 2 fully saturated rings. The van der Waals surface area contributed by atoms with E-state index in [1.54, 1.807) is 22.2 Å². The summed E-state index contributed by atoms with van der Waals surface area (Å²) in [6, 6.07) is 13.4. The quantitative estimate of drug-likeness (QED) is 0.243. The number of benzene rings is 2. The topological polar surface area (TPSA) is 131 Å². The molecule has 2 aliphatic heterocycles. The first-order valence-corrected chi connectivity index (χ1v) is 16.7. The van der Waals surface area contributed by atoms with Gasteiger partial charge in [-0.15, -0.1) is 5.10 Å². The second-order valence-electron chi connectivity index (χ2n) is 12.3. The van der Waals surface area contributed by atoms with Gasteiger partial charge in [0.05, 0.1) is 22.3 Å². The predicted octanol–water partition coefficient (Wildman–Crippen LogP) is 4.65. The third kappa shape index (κ3) is 7.72. The fraction of sp³-hybridized carbons (Fsp3) is 0.382. The normalized spacial score (nSPS) is 16.3. The summed E-state index contributed by atoms with van der Waals surface area (Å²) < 4.78 is 43.4. The molecule has 2 aromatic carbocycles. The average Bonchev–Trinajstić information content (AvgIpc) is 3.52. The molecule has 12 nitrogen and oxygen atoms in total. The van der Waals surface area contributed by atoms with Gasteiger partial charge in [0.2, 0.25) is 5.91 Å². The molecule has 2 saturated heterocycles. The highest BCUT2D eigenvalue weighted by Gasteiger charge is 2.37. The number of carbonyl (C=O) groups is 2. The number of halogens is 4. The number of aromatic amines is 1. The number of nitrogens with zero attached hydrogens (tertiary/aromatic N) is 6. The Kier molecular flexibility index (Phi) is 10.3. The molecule has 6 rings (SSSR count). The second-order valence-corrected chi connectivity index (χ2v) is 12.7. The number of amides is 3. The molecule has 0 aliphatic carbocycles. The minimum atomic E-state index is -4.70. The number of piperazine rings is 1. The summed E-state index contributed by atoms with van der Waals surface area (Å²) in [7, 11) is 1.35. The van der Waals surface area contributed by atoms with E-state index in [0.717, 1.165) is 17.3 Å². The number of piperidine rings is 1. The lowest BCUT2D eigenvalue weighted by atomic mass is 10.00. The van der Waals surface area contributed by atoms with Crippen LogP contribution in [0, 0.1) is 0 Å². The number of urea groups is 1. The summed E-state index contributed by atoms with van der Waals surface area (Å²) in [5.74, 6) is 0.0526. The molecule has 3 amide bonds. The summed E-state index contributed by atoms with van der Waals surface area (Å²) in [4.78, 5) is 52.5. The number of pyridine rings is 1. The predicted molar refractivity (Wildman–Crippen MR) is 183 cm³/mol. The lowest BCUT2D eigenvalue weighted by Crippen LogP contribution is -2.57. The molecule has 4 heterocycles. The van der Waals surface area contributed by atoms with Gasteiger partial charge in [0, 0.05) is 76.4 Å². The first kappa shape index (κ1) is 34.8. The van der Waals surface area contributed by atoms with Crippen molar-refractivity contribution in [2.75, 3.05) is 56.5 Å². The highest BCUT2D eigenvalue weighted by atomic mass is 35.5. The first-order chi connectivity index (χ1) is 24.0. The molecule has 0 bridgehead atoms. The number of rotatable bonds is 8. The zero-order valence-corrected chi connectivity index (χ0v) is 28.0. The molecule has 50 heavy (non-hydrogen) atoms. The van der Waals surface area contributed by atoms with Crippen LogP contribution in [0.5, 0.6) is 0 Å². The largest absolute Gasteiger partial charge is 0.418 e. The molecule has 0 saturated carbocycles. The Balaban J connectivity index is 1.17. The van der Waals surface area contributed by atoms with Crippen LogP contribution < -0.4 is 21.2 Å². The van der Waals surface area contributed by atoms with Crippen molar-refractivity contribution in [2.45, 2.75) is 37.5 Å². The van der Waals surface area contributed by atoms with Crippen molar-refractivity contribution in [3.63, 3.8) is 0 Å². The van der Waals surface area contributed by atoms with Gasteiger partial charge in [-0.3, -0.25) is 14.8 Å². The van der Waals surface area contributed by atoms with Gasteiger partial charge in [-0.25, -0.2) is 14.3 Å². The maximum atomic E-state index is 14.0. The lowest BCUT2D eigenvalue weighted by molar-refractivity contribution is -0.137. The zero-order chi connectivity index (χ0) is 35.4. The Morgan fingerprint density at radius 1 is 0.980 bits per heavy atom. The van der Waals surface area contributed by atoms with Crippen LogP contribution in [0.1, 0.15) is 30.0 Å². The van der Waals surface area contributed by atoms with Gasteiger partial charge < -0.3 is 25.3 Å². The zero-order valence-electron chi connectivity index (χ0n) is 27.3. The summed E-state index contributed by atoms with van der Waals surface area (Å²) in [6.45, 7) is 2.34. The maximum absolute atomic E-state index is 14.0. The standard InChI is InChI=1S/C34H37ClF3N9O3/c1-39-29-26(34(36,37)38)19-22(20-27(29)35)21-28(31(48)45-17-15-44(16-18-45)24-7-11-40-12-8-24)41-32(49)46-13-9-25(10-14-46)47-33(50)42-30(43-47)23-5-3-2-4-6-23/h2-8,11-12,19-20,25,28,39H,9-10,13-18,21H2,1H3,(H,41,49)(H,42,43,50)/t28-/m1/s1. The molecule has 1 atom stereocenters. The Bertz CT molecular complexity index is 1850. The monoisotopic (exact) mass is 711 g/mol. The van der Waals surface area contributed by atoms with E-state index in [1.165, 1.54) is 17.8 Å². The molecule has 2 aromatic heterocycles. The average molecular weight is 712 g/mol. The van der Waals surface area contributed by atoms with Gasteiger partial charge in [0.1, 0.15) is 6.04 Å². The molecule has 2 aliphatic rings. The lowest BCUT2D eigenvalue weighted by Gasteiger charge is -2.38. The van der Waals surface area contributed by atoms with Crippen LogP contribution in [-0.2, 0) is 17.4 Å². The third-order valence-corrected chi connectivity index (χ3v) is 9.44. The van der Waals surface area contributed by atoms with Crippen LogP contribution in [0.4, 0.5) is 29.3 Å². The highest BCUT2D eigenvalue weighted by molar-refractivity contribution is 6.33. The number of carbonyl (C=O) groups excluding carboxylic acids is 2. The van der Waals surface area contributed by atoms with Crippen LogP contribution >= 0.6 is 11.6 Å². The van der Waals surface area contributed by atoms with Gasteiger partial charge in [-0.05, 0) is 42.7 Å². The summed E-state index contributed by atoms with van der Waals surface area (Å²) in [6.07, 6.45) is -0.641. The summed E-state index contributed by atoms with van der Waals surface area (Å²) >= 11 is 6.27. The first-order valence-electron chi connectivity index (χ1n) is 16.3. The number of alkyl halides is 3. The van der Waals surface area contributed by atoms with Crippen molar-refractivity contribution in [3.05, 3.63) is 93.6 Å². The minimum Gasteiger partial charge on any atom is -0.386 e. The fourth-order valence-corrected chi connectivity index (χ4v) is 6.85. The number of H-pyrrole nitrogens is 1. The van der Waals surface area contributed by atoms with Crippen LogP contribution in [0.15, 0.2) is 71.8 Å². The van der Waals surface area contributed by atoms with Crippen LogP contribution in [0.25, 0.3) is 11.4 Å². The van der Waals surface area contributed by atoms with Crippen molar-refractivity contribution in [2.24, 2.45) is 0 Å². The van der Waals surface area contributed by atoms with E-state index in [2.05, 4.69) is 30.6 Å². The van der Waals surface area contributed by atoms with Crippen molar-refractivity contribution in [1.29, 1.82) is 0 Å². The van der Waals surface area contributed by atoms with Gasteiger partial charge in [-0.2, -0.15) is 13.2 Å². The van der Waals surface area contributed by atoms with E-state index in [-0.39, 0.29) is 47.5 Å². The number of nitrogens with one attached hydrogen (secondary N) is 3. The number of hydrogen-bond acceptors (Lipinski definition) is 7. The SMILES string of the molecule is CNc1c(Cl)cc(C[C@@H](NC(=O)N2CCC(n3nc(-c4ccccc4)[nH]c3=O)CC2)C(=O)N2CCN(c3ccncc3)CC2)cc1C(F)(F)F. The van der Waals surface area contributed by atoms with Crippen molar-refractivity contribution in [1.82, 2.24) is 34.9 Å². The molecule has 0 spiro atoms. The Morgan fingerprint density at radius 3 is 2.30 bits per heavy atom. The highest BCUT2D eigenvalue weighted by Crippen LogP contribution is 2.39. The number of likely N-dealkylation sites (tertiary alicyclic amines) is 1. The molecule has 4 aromatic rings. The summed E-state index contributed by atoms with van der Waals surface area (Å²) in [5, 5.41) is 9.67. The van der Waals surface area contributed by atoms with Crippen LogP contribution in [0.2, 0.25) is 5.02 Å². The van der Waals surface area contributed by atoms with Gasteiger partial charge in [0.15, 0.2) is 5.82 Å². The van der Waals surface area contributed by atoms with E-state index < -0.39 is 29.7 Å². The number of anilines is 2. The molecule has 16 heteroatoms. The van der Waals surface area contributed by atoms with Gasteiger partial charge in [-0.1, -0.05) is 41.9 Å². The molecular weight excluding hydrogens is 675 g/mol. The van der Waals surface area contributed by atoms with E-state index in [9.17, 15) is 27.6 Å². The van der Waals surface area contributed by atoms with E-state index >= 15 is 0 Å². The molecule has 0 radical (unpaired) electrons. The Morgan fingerprint density at radius 2 is 1.66 bits per heavy atom. The Labute approximate surface area is 291 Å². The number of hydrogen-bond donors (Lipinski definition) is 3. The molecular formula is C34H37ClF3N9O3. The maximum Gasteiger partial charge on any atom is 0.418 e. The molecule has 264 valence electrons. The Hall–Kier alpha value is -5.05. The van der Waals surface area contributed by atoms with Gasteiger partial charge >= 0.3 is 17.9 Å². The molecule has 0 unspecified atom stereocenters. The summed E-state index contributed by atoms with van der Waals surface area (Å²) in [5.41, 5.74) is 0.323. The van der Waals surface area contributed by atoms with E-state index in [0.29, 0.717) is 44.8 Å². The molecule has 3 N–H and O–H groups in total. The van der Waals surface area contributed by atoms with E-state index in [1.807, 2.05) is 42.5 Å². The van der Waals surface area contributed by atoms with Crippen molar-refractivity contribution in [3.8, 4) is 11.4 Å². The van der Waals surface area contributed by atoms with Crippen molar-refractivity contribution < 1.29 is 22.8 Å².